The second kappa shape index (κ2) is 5.31. The molecule has 1 aromatic heterocycles. The van der Waals surface area contributed by atoms with Crippen LogP contribution in [0.15, 0.2) is 12.3 Å². The molecule has 64 valence electrons. The van der Waals surface area contributed by atoms with Gasteiger partial charge in [0.2, 0.25) is 0 Å². The second-order valence-corrected chi connectivity index (χ2v) is 2.64. The summed E-state index contributed by atoms with van der Waals surface area (Å²) in [5.74, 6) is 0. The molecule has 1 heterocycles. The fourth-order valence-electron chi connectivity index (χ4n) is 0.784. The van der Waals surface area contributed by atoms with E-state index >= 15 is 0 Å². The lowest BCUT2D eigenvalue weighted by Gasteiger charge is -1.97. The molecule has 0 saturated carbocycles. The maximum absolute atomic E-state index is 7.32. The largest absolute Gasteiger partial charge is 0.261 e. The van der Waals surface area contributed by atoms with Gasteiger partial charge in [0, 0.05) is 18.8 Å². The molecule has 2 nitrogen and oxygen atoms in total. The summed E-state index contributed by atoms with van der Waals surface area (Å²) in [6.45, 7) is 7.59. The van der Waals surface area contributed by atoms with Crippen molar-refractivity contribution in [2.75, 3.05) is 0 Å². The highest BCUT2D eigenvalue weighted by Crippen LogP contribution is 2.03. The Morgan fingerprint density at radius 1 is 1.33 bits per heavy atom. The molecule has 12 heavy (non-hydrogen) atoms. The Morgan fingerprint density at radius 3 is 2.17 bits per heavy atom. The molecule has 0 N–H and O–H groups in total. The van der Waals surface area contributed by atoms with Crippen LogP contribution in [0.2, 0.25) is 0 Å². The van der Waals surface area contributed by atoms with Crippen LogP contribution in [0.5, 0.6) is 0 Å². The monoisotopic (exact) mass is 162 g/mol. The number of aromatic nitrogens is 1. The minimum atomic E-state index is 1.13. The lowest BCUT2D eigenvalue weighted by Crippen LogP contribution is -1.85. The Labute approximate surface area is 73.9 Å². The first-order valence-corrected chi connectivity index (χ1v) is 3.82. The Kier molecular flexibility index (Phi) is 4.71. The zero-order valence-electron chi connectivity index (χ0n) is 8.05. The SMILES string of the molecule is CC#N.Cc1cnc(C)c(C)c1. The summed E-state index contributed by atoms with van der Waals surface area (Å²) in [4.78, 5) is 4.18. The quantitative estimate of drug-likeness (QED) is 0.587. The Balaban J connectivity index is 0.000000354. The molecule has 1 rings (SSSR count). The summed E-state index contributed by atoms with van der Waals surface area (Å²) in [5.41, 5.74) is 3.63. The number of nitriles is 1. The molecule has 0 fully saturated rings. The van der Waals surface area contributed by atoms with Gasteiger partial charge in [-0.05, 0) is 31.9 Å². The first-order valence-electron chi connectivity index (χ1n) is 3.82. The van der Waals surface area contributed by atoms with Crippen molar-refractivity contribution in [3.05, 3.63) is 29.1 Å². The highest BCUT2D eigenvalue weighted by molar-refractivity contribution is 5.21. The third-order valence-electron chi connectivity index (χ3n) is 1.48. The van der Waals surface area contributed by atoms with Gasteiger partial charge < -0.3 is 0 Å². The van der Waals surface area contributed by atoms with Crippen LogP contribution in [-0.4, -0.2) is 4.98 Å². The molecular formula is C10H14N2. The molecule has 2 heteroatoms. The molecular weight excluding hydrogens is 148 g/mol. The Hall–Kier alpha value is -1.36. The first kappa shape index (κ1) is 10.6. The second-order valence-electron chi connectivity index (χ2n) is 2.64. The van der Waals surface area contributed by atoms with Gasteiger partial charge in [0.25, 0.3) is 0 Å². The lowest BCUT2D eigenvalue weighted by atomic mass is 10.2. The van der Waals surface area contributed by atoms with E-state index in [2.05, 4.69) is 24.9 Å². The highest BCUT2D eigenvalue weighted by atomic mass is 14.7. The molecule has 0 saturated heterocycles. The fraction of sp³-hybridized carbons (Fsp3) is 0.400. The van der Waals surface area contributed by atoms with Crippen molar-refractivity contribution in [3.63, 3.8) is 0 Å². The molecule has 0 spiro atoms. The van der Waals surface area contributed by atoms with Crippen LogP contribution in [-0.2, 0) is 0 Å². The lowest BCUT2D eigenvalue weighted by molar-refractivity contribution is 1.12. The van der Waals surface area contributed by atoms with E-state index in [1.807, 2.05) is 13.1 Å². The number of aryl methyl sites for hydroxylation is 3. The van der Waals surface area contributed by atoms with E-state index in [-0.39, 0.29) is 0 Å². The van der Waals surface area contributed by atoms with Crippen LogP contribution in [0, 0.1) is 32.1 Å². The summed E-state index contributed by atoms with van der Waals surface area (Å²) in [6, 6.07) is 3.89. The van der Waals surface area contributed by atoms with Gasteiger partial charge >= 0.3 is 0 Å². The molecule has 0 amide bonds. The number of rotatable bonds is 0. The smallest absolute Gasteiger partial charge is 0.0587 e. The molecule has 0 aliphatic rings. The minimum Gasteiger partial charge on any atom is -0.261 e. The zero-order chi connectivity index (χ0) is 9.56. The van der Waals surface area contributed by atoms with E-state index in [0.717, 1.165) is 5.69 Å². The Bertz CT molecular complexity index is 284. The van der Waals surface area contributed by atoms with Crippen LogP contribution < -0.4 is 0 Å². The standard InChI is InChI=1S/C8H11N.C2H3N/c1-6-4-7(2)8(3)9-5-6;1-2-3/h4-5H,1-3H3;1H3. The van der Waals surface area contributed by atoms with Crippen molar-refractivity contribution in [1.82, 2.24) is 4.98 Å². The molecule has 0 aliphatic heterocycles. The Morgan fingerprint density at radius 2 is 1.83 bits per heavy atom. The number of hydrogen-bond donors (Lipinski definition) is 0. The van der Waals surface area contributed by atoms with E-state index in [0.29, 0.717) is 0 Å². The van der Waals surface area contributed by atoms with Crippen molar-refractivity contribution in [1.29, 1.82) is 5.26 Å². The maximum Gasteiger partial charge on any atom is 0.0587 e. The highest BCUT2D eigenvalue weighted by Gasteiger charge is 1.90. The predicted molar refractivity (Wildman–Crippen MR) is 49.7 cm³/mol. The predicted octanol–water partition coefficient (Wildman–Crippen LogP) is 2.54. The molecule has 0 atom stereocenters. The molecule has 0 bridgehead atoms. The van der Waals surface area contributed by atoms with Crippen molar-refractivity contribution >= 4 is 0 Å². The number of nitrogens with zero attached hydrogens (tertiary/aromatic N) is 2. The topological polar surface area (TPSA) is 36.7 Å². The minimum absolute atomic E-state index is 1.13. The van der Waals surface area contributed by atoms with Gasteiger partial charge in [0.05, 0.1) is 6.07 Å². The van der Waals surface area contributed by atoms with E-state index in [9.17, 15) is 0 Å². The van der Waals surface area contributed by atoms with Crippen LogP contribution in [0.4, 0.5) is 0 Å². The zero-order valence-corrected chi connectivity index (χ0v) is 8.05. The van der Waals surface area contributed by atoms with Crippen LogP contribution in [0.1, 0.15) is 23.7 Å². The third kappa shape index (κ3) is 3.72. The summed E-state index contributed by atoms with van der Waals surface area (Å²) >= 11 is 0. The average Bonchev–Trinajstić information content (AvgIpc) is 1.99. The maximum atomic E-state index is 7.32. The summed E-state index contributed by atoms with van der Waals surface area (Å²) in [7, 11) is 0. The third-order valence-corrected chi connectivity index (χ3v) is 1.48. The number of pyridine rings is 1. The van der Waals surface area contributed by atoms with Crippen molar-refractivity contribution in [2.45, 2.75) is 27.7 Å². The molecule has 0 aliphatic carbocycles. The van der Waals surface area contributed by atoms with E-state index in [4.69, 9.17) is 5.26 Å². The van der Waals surface area contributed by atoms with Gasteiger partial charge in [-0.15, -0.1) is 0 Å². The van der Waals surface area contributed by atoms with Gasteiger partial charge in [-0.1, -0.05) is 6.07 Å². The van der Waals surface area contributed by atoms with E-state index in [1.54, 1.807) is 6.07 Å². The van der Waals surface area contributed by atoms with Crippen LogP contribution in [0.3, 0.4) is 0 Å². The van der Waals surface area contributed by atoms with Crippen molar-refractivity contribution < 1.29 is 0 Å². The molecule has 0 aromatic carbocycles. The van der Waals surface area contributed by atoms with E-state index < -0.39 is 0 Å². The van der Waals surface area contributed by atoms with Gasteiger partial charge in [0.1, 0.15) is 0 Å². The van der Waals surface area contributed by atoms with Gasteiger partial charge in [-0.25, -0.2) is 0 Å². The number of hydrogen-bond acceptors (Lipinski definition) is 2. The van der Waals surface area contributed by atoms with Gasteiger partial charge in [0.15, 0.2) is 0 Å². The normalized spacial score (nSPS) is 7.92. The van der Waals surface area contributed by atoms with Crippen molar-refractivity contribution in [3.8, 4) is 6.07 Å². The molecule has 1 aromatic rings. The first-order chi connectivity index (χ1) is 5.61. The summed E-state index contributed by atoms with van der Waals surface area (Å²) < 4.78 is 0. The van der Waals surface area contributed by atoms with Gasteiger partial charge in [-0.3, -0.25) is 4.98 Å². The summed E-state index contributed by atoms with van der Waals surface area (Å²) in [5, 5.41) is 7.32. The molecule has 0 radical (unpaired) electrons. The summed E-state index contributed by atoms with van der Waals surface area (Å²) in [6.07, 6.45) is 1.89. The van der Waals surface area contributed by atoms with Crippen LogP contribution >= 0.6 is 0 Å². The van der Waals surface area contributed by atoms with E-state index in [1.165, 1.54) is 18.1 Å². The van der Waals surface area contributed by atoms with Gasteiger partial charge in [-0.2, -0.15) is 5.26 Å². The fourth-order valence-corrected chi connectivity index (χ4v) is 0.784. The molecule has 0 unspecified atom stereocenters. The van der Waals surface area contributed by atoms with Crippen LogP contribution in [0.25, 0.3) is 0 Å². The average molecular weight is 162 g/mol. The van der Waals surface area contributed by atoms with Crippen molar-refractivity contribution in [2.24, 2.45) is 0 Å².